The summed E-state index contributed by atoms with van der Waals surface area (Å²) in [7, 11) is 0. The summed E-state index contributed by atoms with van der Waals surface area (Å²) >= 11 is 0. The number of hydrogen-bond donors (Lipinski definition) is 1. The molecule has 1 N–H and O–H groups in total. The van der Waals surface area contributed by atoms with E-state index >= 15 is 0 Å². The largest absolute Gasteiger partial charge is 0.365 e. The fraction of sp³-hybridized carbons (Fsp3) is 0.520. The summed E-state index contributed by atoms with van der Waals surface area (Å²) in [6, 6.07) is 11.2. The number of nitrogens with one attached hydrogen (secondary N) is 1. The predicted molar refractivity (Wildman–Crippen MR) is 126 cm³/mol. The van der Waals surface area contributed by atoms with Crippen LogP contribution in [0.1, 0.15) is 47.8 Å². The van der Waals surface area contributed by atoms with Gasteiger partial charge in [-0.15, -0.1) is 0 Å². The maximum Gasteiger partial charge on any atom is 0.272 e. The van der Waals surface area contributed by atoms with Crippen LogP contribution < -0.4 is 5.32 Å². The summed E-state index contributed by atoms with van der Waals surface area (Å²) in [6.45, 7) is 6.63. The molecule has 8 nitrogen and oxygen atoms in total. The van der Waals surface area contributed by atoms with Gasteiger partial charge in [-0.3, -0.25) is 14.5 Å². The SMILES string of the molecule is CC(=O)N1CC[C@H](Nc2cc(C(=O)N3CCC(N4CCc5ccccc5C4)CC3)ncn2)C1. The average molecular weight is 449 g/mol. The molecule has 2 aromatic rings. The Morgan fingerprint density at radius 3 is 2.48 bits per heavy atom. The van der Waals surface area contributed by atoms with Crippen LogP contribution in [0.5, 0.6) is 0 Å². The van der Waals surface area contributed by atoms with Crippen LogP contribution in [0, 0.1) is 0 Å². The van der Waals surface area contributed by atoms with E-state index < -0.39 is 0 Å². The fourth-order valence-corrected chi connectivity index (χ4v) is 5.35. The van der Waals surface area contributed by atoms with Gasteiger partial charge >= 0.3 is 0 Å². The molecule has 1 aromatic heterocycles. The fourth-order valence-electron chi connectivity index (χ4n) is 5.35. The Bertz CT molecular complexity index is 1020. The standard InChI is InChI=1S/C25H32N6O2/c1-18(32)30-11-7-21(16-30)28-24-14-23(26-17-27-24)25(33)29-12-8-22(9-13-29)31-10-6-19-4-2-3-5-20(19)15-31/h2-5,14,17,21-22H,6-13,15-16H2,1H3,(H,26,27,28)/t21-/m0/s1. The molecule has 1 atom stereocenters. The molecule has 4 heterocycles. The van der Waals surface area contributed by atoms with E-state index in [2.05, 4.69) is 44.5 Å². The highest BCUT2D eigenvalue weighted by Gasteiger charge is 2.30. The van der Waals surface area contributed by atoms with E-state index in [9.17, 15) is 9.59 Å². The molecule has 33 heavy (non-hydrogen) atoms. The molecule has 174 valence electrons. The highest BCUT2D eigenvalue weighted by atomic mass is 16.2. The number of piperidine rings is 1. The number of carbonyl (C=O) groups is 2. The van der Waals surface area contributed by atoms with Crippen LogP contribution in [-0.4, -0.2) is 81.3 Å². The van der Waals surface area contributed by atoms with Crippen molar-refractivity contribution in [3.05, 3.63) is 53.5 Å². The number of anilines is 1. The molecule has 0 saturated carbocycles. The first kappa shape index (κ1) is 21.8. The third-order valence-corrected chi connectivity index (χ3v) is 7.30. The number of benzene rings is 1. The zero-order chi connectivity index (χ0) is 22.8. The maximum absolute atomic E-state index is 13.1. The summed E-state index contributed by atoms with van der Waals surface area (Å²) in [6.07, 6.45) is 5.42. The zero-order valence-corrected chi connectivity index (χ0v) is 19.2. The van der Waals surface area contributed by atoms with Crippen LogP contribution in [0.2, 0.25) is 0 Å². The van der Waals surface area contributed by atoms with Gasteiger partial charge in [-0.2, -0.15) is 0 Å². The second-order valence-electron chi connectivity index (χ2n) is 9.40. The highest BCUT2D eigenvalue weighted by molar-refractivity contribution is 5.93. The Labute approximate surface area is 195 Å². The van der Waals surface area contributed by atoms with E-state index in [0.29, 0.717) is 24.1 Å². The lowest BCUT2D eigenvalue weighted by Crippen LogP contribution is -2.48. The molecule has 3 aliphatic rings. The number of aromatic nitrogens is 2. The summed E-state index contributed by atoms with van der Waals surface area (Å²) < 4.78 is 0. The Hall–Kier alpha value is -3.00. The van der Waals surface area contributed by atoms with E-state index in [1.165, 1.54) is 17.5 Å². The van der Waals surface area contributed by atoms with Crippen molar-refractivity contribution >= 4 is 17.6 Å². The second kappa shape index (κ2) is 9.47. The molecule has 8 heteroatoms. The molecule has 3 aliphatic heterocycles. The number of amides is 2. The van der Waals surface area contributed by atoms with Gasteiger partial charge < -0.3 is 15.1 Å². The number of likely N-dealkylation sites (tertiary alicyclic amines) is 2. The monoisotopic (exact) mass is 448 g/mol. The van der Waals surface area contributed by atoms with Gasteiger partial charge in [0.1, 0.15) is 17.8 Å². The molecule has 0 aliphatic carbocycles. The molecule has 0 spiro atoms. The van der Waals surface area contributed by atoms with Gasteiger partial charge in [0.05, 0.1) is 0 Å². The molecule has 2 saturated heterocycles. The summed E-state index contributed by atoms with van der Waals surface area (Å²) in [4.78, 5) is 39.6. The lowest BCUT2D eigenvalue weighted by molar-refractivity contribution is -0.127. The van der Waals surface area contributed by atoms with Crippen molar-refractivity contribution in [3.63, 3.8) is 0 Å². The Balaban J connectivity index is 1.15. The second-order valence-corrected chi connectivity index (χ2v) is 9.40. The van der Waals surface area contributed by atoms with Gasteiger partial charge in [-0.25, -0.2) is 9.97 Å². The highest BCUT2D eigenvalue weighted by Crippen LogP contribution is 2.25. The van der Waals surface area contributed by atoms with Crippen LogP contribution in [0.4, 0.5) is 5.82 Å². The molecule has 2 amide bonds. The topological polar surface area (TPSA) is 81.7 Å². The summed E-state index contributed by atoms with van der Waals surface area (Å²) in [5.41, 5.74) is 3.34. The number of fused-ring (bicyclic) bond motifs is 1. The number of carbonyl (C=O) groups excluding carboxylic acids is 2. The van der Waals surface area contributed by atoms with Crippen molar-refractivity contribution in [2.24, 2.45) is 0 Å². The third-order valence-electron chi connectivity index (χ3n) is 7.30. The molecule has 0 bridgehead atoms. The number of hydrogen-bond acceptors (Lipinski definition) is 6. The first-order chi connectivity index (χ1) is 16.1. The van der Waals surface area contributed by atoms with Crippen molar-refractivity contribution in [3.8, 4) is 0 Å². The normalized spacial score (nSPS) is 21.7. The van der Waals surface area contributed by atoms with Crippen LogP contribution >= 0.6 is 0 Å². The van der Waals surface area contributed by atoms with Crippen molar-refractivity contribution in [1.29, 1.82) is 0 Å². The van der Waals surface area contributed by atoms with Crippen molar-refractivity contribution < 1.29 is 9.59 Å². The quantitative estimate of drug-likeness (QED) is 0.772. The number of rotatable bonds is 4. The van der Waals surface area contributed by atoms with Gasteiger partial charge in [0.2, 0.25) is 5.91 Å². The first-order valence-electron chi connectivity index (χ1n) is 12.0. The Morgan fingerprint density at radius 2 is 1.73 bits per heavy atom. The van der Waals surface area contributed by atoms with Gasteiger partial charge in [-0.1, -0.05) is 24.3 Å². The molecule has 1 aromatic carbocycles. The van der Waals surface area contributed by atoms with Gasteiger partial charge in [0.15, 0.2) is 0 Å². The average Bonchev–Trinajstić information content (AvgIpc) is 3.32. The molecule has 0 unspecified atom stereocenters. The van der Waals surface area contributed by atoms with Gasteiger partial charge in [0, 0.05) is 64.3 Å². The number of nitrogens with zero attached hydrogens (tertiary/aromatic N) is 5. The van der Waals surface area contributed by atoms with Crippen LogP contribution in [0.3, 0.4) is 0 Å². The van der Waals surface area contributed by atoms with E-state index in [0.717, 1.165) is 58.4 Å². The third kappa shape index (κ3) is 4.85. The van der Waals surface area contributed by atoms with Crippen LogP contribution in [-0.2, 0) is 17.8 Å². The maximum atomic E-state index is 13.1. The Kier molecular flexibility index (Phi) is 6.26. The minimum atomic E-state index is -0.0281. The zero-order valence-electron chi connectivity index (χ0n) is 19.2. The molecule has 0 radical (unpaired) electrons. The van der Waals surface area contributed by atoms with E-state index in [4.69, 9.17) is 0 Å². The van der Waals surface area contributed by atoms with Crippen molar-refractivity contribution in [2.45, 2.75) is 51.2 Å². The minimum Gasteiger partial charge on any atom is -0.365 e. The first-order valence-corrected chi connectivity index (χ1v) is 12.0. The smallest absolute Gasteiger partial charge is 0.272 e. The summed E-state index contributed by atoms with van der Waals surface area (Å²) in [5, 5.41) is 3.36. The molecule has 5 rings (SSSR count). The molecular formula is C25H32N6O2. The van der Waals surface area contributed by atoms with Crippen molar-refractivity contribution in [1.82, 2.24) is 24.7 Å². The Morgan fingerprint density at radius 1 is 0.970 bits per heavy atom. The van der Waals surface area contributed by atoms with Crippen LogP contribution in [0.25, 0.3) is 0 Å². The van der Waals surface area contributed by atoms with Gasteiger partial charge in [-0.05, 0) is 36.8 Å². The lowest BCUT2D eigenvalue weighted by Gasteiger charge is -2.40. The molecular weight excluding hydrogens is 416 g/mol. The molecule has 2 fully saturated rings. The van der Waals surface area contributed by atoms with Gasteiger partial charge in [0.25, 0.3) is 5.91 Å². The minimum absolute atomic E-state index is 0.0281. The summed E-state index contributed by atoms with van der Waals surface area (Å²) in [5.74, 6) is 0.709. The van der Waals surface area contributed by atoms with E-state index in [1.807, 2.05) is 9.80 Å². The van der Waals surface area contributed by atoms with E-state index in [-0.39, 0.29) is 17.9 Å². The van der Waals surface area contributed by atoms with Crippen molar-refractivity contribution in [2.75, 3.05) is 38.0 Å². The predicted octanol–water partition coefficient (Wildman–Crippen LogP) is 2.17. The van der Waals surface area contributed by atoms with E-state index in [1.54, 1.807) is 13.0 Å². The lowest BCUT2D eigenvalue weighted by atomic mass is 9.95. The van der Waals surface area contributed by atoms with Crippen LogP contribution in [0.15, 0.2) is 36.7 Å².